The molecule has 10 heavy (non-hydrogen) atoms. The van der Waals surface area contributed by atoms with Crippen LogP contribution >= 0.6 is 0 Å². The van der Waals surface area contributed by atoms with Gasteiger partial charge < -0.3 is 5.73 Å². The Kier molecular flexibility index (Phi) is 2.17. The second-order valence-electron chi connectivity index (χ2n) is 1.87. The zero-order valence-electron chi connectivity index (χ0n) is 5.53. The summed E-state index contributed by atoms with van der Waals surface area (Å²) >= 11 is 0. The minimum absolute atomic E-state index is 0.104. The van der Waals surface area contributed by atoms with Crippen LogP contribution in [-0.4, -0.2) is 16.3 Å². The van der Waals surface area contributed by atoms with Gasteiger partial charge in [-0.15, -0.1) is 0 Å². The van der Waals surface area contributed by atoms with Gasteiger partial charge in [-0.25, -0.2) is 4.68 Å². The van der Waals surface area contributed by atoms with E-state index in [2.05, 4.69) is 5.10 Å². The van der Waals surface area contributed by atoms with E-state index in [0.29, 0.717) is 13.1 Å². The molecular formula is C6H9N3O. The number of nitrogens with two attached hydrogens (primary N) is 1. The Morgan fingerprint density at radius 3 is 3.10 bits per heavy atom. The Balaban J connectivity index is 2.92. The topological polar surface area (TPSA) is 60.9 Å². The highest BCUT2D eigenvalue weighted by molar-refractivity contribution is 4.84. The average molecular weight is 139 g/mol. The molecule has 54 valence electrons. The Labute approximate surface area is 58.3 Å². The second kappa shape index (κ2) is 3.12. The van der Waals surface area contributed by atoms with Gasteiger partial charge in [0.1, 0.15) is 0 Å². The van der Waals surface area contributed by atoms with E-state index in [1.54, 1.807) is 12.3 Å². The van der Waals surface area contributed by atoms with Gasteiger partial charge in [0.2, 0.25) is 0 Å². The van der Waals surface area contributed by atoms with Crippen LogP contribution in [0.25, 0.3) is 0 Å². The van der Waals surface area contributed by atoms with Gasteiger partial charge in [0.05, 0.1) is 6.54 Å². The Bertz CT molecular complexity index is 255. The molecule has 1 aromatic rings. The van der Waals surface area contributed by atoms with E-state index in [0.717, 1.165) is 0 Å². The maximum Gasteiger partial charge on any atom is 0.266 e. The van der Waals surface area contributed by atoms with Crippen molar-refractivity contribution in [3.8, 4) is 0 Å². The fourth-order valence-electron chi connectivity index (χ4n) is 0.677. The van der Waals surface area contributed by atoms with Crippen molar-refractivity contribution in [1.82, 2.24) is 9.78 Å². The SMILES string of the molecule is NCCn1ncccc1=O. The molecule has 0 fully saturated rings. The highest BCUT2D eigenvalue weighted by atomic mass is 16.1. The fraction of sp³-hybridized carbons (Fsp3) is 0.333. The first-order chi connectivity index (χ1) is 4.84. The molecule has 4 nitrogen and oxygen atoms in total. The first kappa shape index (κ1) is 6.95. The molecule has 0 aliphatic carbocycles. The molecule has 0 unspecified atom stereocenters. The highest BCUT2D eigenvalue weighted by Gasteiger charge is 1.90. The van der Waals surface area contributed by atoms with Gasteiger partial charge in [-0.2, -0.15) is 5.10 Å². The monoisotopic (exact) mass is 139 g/mol. The summed E-state index contributed by atoms with van der Waals surface area (Å²) in [7, 11) is 0. The molecule has 0 aliphatic rings. The zero-order valence-corrected chi connectivity index (χ0v) is 5.53. The molecule has 1 heterocycles. The van der Waals surface area contributed by atoms with Gasteiger partial charge in [0.25, 0.3) is 5.56 Å². The summed E-state index contributed by atoms with van der Waals surface area (Å²) in [6.45, 7) is 0.927. The van der Waals surface area contributed by atoms with Gasteiger partial charge in [0.15, 0.2) is 0 Å². The molecular weight excluding hydrogens is 130 g/mol. The van der Waals surface area contributed by atoms with Gasteiger partial charge in [-0.1, -0.05) is 0 Å². The lowest BCUT2D eigenvalue weighted by molar-refractivity contribution is 0.587. The van der Waals surface area contributed by atoms with Gasteiger partial charge in [-0.05, 0) is 6.07 Å². The van der Waals surface area contributed by atoms with Crippen molar-refractivity contribution in [2.24, 2.45) is 5.73 Å². The summed E-state index contributed by atoms with van der Waals surface area (Å²) in [5.74, 6) is 0. The molecule has 0 aliphatic heterocycles. The van der Waals surface area contributed by atoms with Gasteiger partial charge in [0, 0.05) is 18.8 Å². The lowest BCUT2D eigenvalue weighted by Gasteiger charge is -1.97. The van der Waals surface area contributed by atoms with Crippen molar-refractivity contribution in [3.05, 3.63) is 28.7 Å². The maximum atomic E-state index is 10.9. The lowest BCUT2D eigenvalue weighted by Crippen LogP contribution is -2.24. The van der Waals surface area contributed by atoms with E-state index < -0.39 is 0 Å². The molecule has 0 amide bonds. The molecule has 0 saturated heterocycles. The van der Waals surface area contributed by atoms with Crippen molar-refractivity contribution in [1.29, 1.82) is 0 Å². The standard InChI is InChI=1S/C6H9N3O/c7-3-5-9-6(10)2-1-4-8-9/h1-2,4H,3,5,7H2. The molecule has 4 heteroatoms. The first-order valence-electron chi connectivity index (χ1n) is 3.07. The van der Waals surface area contributed by atoms with Crippen LogP contribution in [-0.2, 0) is 6.54 Å². The number of nitrogens with zero attached hydrogens (tertiary/aromatic N) is 2. The Morgan fingerprint density at radius 2 is 2.50 bits per heavy atom. The summed E-state index contributed by atoms with van der Waals surface area (Å²) in [6.07, 6.45) is 1.57. The van der Waals surface area contributed by atoms with E-state index in [9.17, 15) is 4.79 Å². The van der Waals surface area contributed by atoms with Crippen LogP contribution in [0.1, 0.15) is 0 Å². The first-order valence-corrected chi connectivity index (χ1v) is 3.07. The van der Waals surface area contributed by atoms with Crippen molar-refractivity contribution in [3.63, 3.8) is 0 Å². The molecule has 2 N–H and O–H groups in total. The Hall–Kier alpha value is -1.16. The molecule has 0 radical (unpaired) electrons. The maximum absolute atomic E-state index is 10.9. The minimum Gasteiger partial charge on any atom is -0.329 e. The molecule has 0 atom stereocenters. The van der Waals surface area contributed by atoms with Crippen LogP contribution in [0.2, 0.25) is 0 Å². The van der Waals surface area contributed by atoms with Gasteiger partial charge >= 0.3 is 0 Å². The quantitative estimate of drug-likeness (QED) is 0.583. The van der Waals surface area contributed by atoms with E-state index in [4.69, 9.17) is 5.73 Å². The Morgan fingerprint density at radius 1 is 1.70 bits per heavy atom. The summed E-state index contributed by atoms with van der Waals surface area (Å²) in [5, 5.41) is 3.79. The predicted molar refractivity (Wildman–Crippen MR) is 37.6 cm³/mol. The third-order valence-corrected chi connectivity index (χ3v) is 1.13. The van der Waals surface area contributed by atoms with Gasteiger partial charge in [-0.3, -0.25) is 4.79 Å². The normalized spacial score (nSPS) is 9.70. The van der Waals surface area contributed by atoms with Crippen LogP contribution in [0, 0.1) is 0 Å². The second-order valence-corrected chi connectivity index (χ2v) is 1.87. The zero-order chi connectivity index (χ0) is 7.40. The summed E-state index contributed by atoms with van der Waals surface area (Å²) < 4.78 is 1.33. The third-order valence-electron chi connectivity index (χ3n) is 1.13. The summed E-state index contributed by atoms with van der Waals surface area (Å²) in [4.78, 5) is 10.9. The number of hydrogen-bond acceptors (Lipinski definition) is 3. The van der Waals surface area contributed by atoms with Crippen LogP contribution < -0.4 is 11.3 Å². The predicted octanol–water partition coefficient (Wildman–Crippen LogP) is -0.798. The lowest BCUT2D eigenvalue weighted by atomic mass is 10.5. The minimum atomic E-state index is -0.104. The van der Waals surface area contributed by atoms with E-state index in [1.165, 1.54) is 10.7 Å². The van der Waals surface area contributed by atoms with Crippen molar-refractivity contribution in [2.45, 2.75) is 6.54 Å². The largest absolute Gasteiger partial charge is 0.329 e. The van der Waals surface area contributed by atoms with E-state index in [1.807, 2.05) is 0 Å². The number of rotatable bonds is 2. The molecule has 0 bridgehead atoms. The van der Waals surface area contributed by atoms with Crippen LogP contribution in [0.3, 0.4) is 0 Å². The highest BCUT2D eigenvalue weighted by Crippen LogP contribution is 1.72. The van der Waals surface area contributed by atoms with E-state index >= 15 is 0 Å². The smallest absolute Gasteiger partial charge is 0.266 e. The molecule has 0 aromatic carbocycles. The summed E-state index contributed by atoms with van der Waals surface area (Å²) in [6, 6.07) is 3.07. The molecule has 1 aromatic heterocycles. The van der Waals surface area contributed by atoms with Crippen molar-refractivity contribution in [2.75, 3.05) is 6.54 Å². The fourth-order valence-corrected chi connectivity index (χ4v) is 0.677. The third kappa shape index (κ3) is 1.41. The van der Waals surface area contributed by atoms with Crippen molar-refractivity contribution < 1.29 is 0 Å². The molecule has 1 rings (SSSR count). The summed E-state index contributed by atoms with van der Waals surface area (Å²) in [5.41, 5.74) is 5.13. The molecule has 0 spiro atoms. The molecule has 0 saturated carbocycles. The number of aromatic nitrogens is 2. The number of hydrogen-bond donors (Lipinski definition) is 1. The van der Waals surface area contributed by atoms with Crippen LogP contribution in [0.4, 0.5) is 0 Å². The van der Waals surface area contributed by atoms with Crippen LogP contribution in [0.5, 0.6) is 0 Å². The van der Waals surface area contributed by atoms with E-state index in [-0.39, 0.29) is 5.56 Å². The van der Waals surface area contributed by atoms with Crippen molar-refractivity contribution >= 4 is 0 Å². The average Bonchev–Trinajstić information content (AvgIpc) is 1.94. The van der Waals surface area contributed by atoms with Crippen LogP contribution in [0.15, 0.2) is 23.1 Å².